The summed E-state index contributed by atoms with van der Waals surface area (Å²) in [5.74, 6) is -0.302. The van der Waals surface area contributed by atoms with Crippen LogP contribution in [0.3, 0.4) is 0 Å². The number of furan rings is 1. The minimum Gasteiger partial charge on any atom is -0.503 e. The number of hydrogen-bond donors (Lipinski definition) is 1. The molecule has 0 bridgehead atoms. The van der Waals surface area contributed by atoms with Gasteiger partial charge in [-0.1, -0.05) is 26.0 Å². The molecule has 1 unspecified atom stereocenters. The van der Waals surface area contributed by atoms with E-state index >= 15 is 0 Å². The first-order valence-corrected chi connectivity index (χ1v) is 10.4. The summed E-state index contributed by atoms with van der Waals surface area (Å²) in [5.41, 5.74) is 0.796. The second-order valence-electron chi connectivity index (χ2n) is 7.18. The van der Waals surface area contributed by atoms with Gasteiger partial charge >= 0.3 is 0 Å². The Kier molecular flexibility index (Phi) is 7.31. The second kappa shape index (κ2) is 10.1. The van der Waals surface area contributed by atoms with Crippen LogP contribution in [0.1, 0.15) is 31.2 Å². The van der Waals surface area contributed by atoms with E-state index in [0.717, 1.165) is 18.7 Å². The molecule has 1 N–H and O–H groups in total. The zero-order valence-electron chi connectivity index (χ0n) is 18.1. The molecular formula is C24H28N2O5. The second-order valence-corrected chi connectivity index (χ2v) is 7.18. The lowest BCUT2D eigenvalue weighted by Gasteiger charge is -2.29. The fourth-order valence-electron chi connectivity index (χ4n) is 3.69. The molecule has 1 aliphatic rings. The zero-order valence-corrected chi connectivity index (χ0v) is 18.1. The normalized spacial score (nSPS) is 16.7. The number of methoxy groups -OCH3 is 1. The van der Waals surface area contributed by atoms with Crippen LogP contribution >= 0.6 is 0 Å². The van der Waals surface area contributed by atoms with Crippen LogP contribution in [-0.4, -0.2) is 59.9 Å². The highest BCUT2D eigenvalue weighted by atomic mass is 16.5. The van der Waals surface area contributed by atoms with Gasteiger partial charge in [-0.25, -0.2) is 0 Å². The molecule has 7 nitrogen and oxygen atoms in total. The molecule has 2 aromatic rings. The molecule has 0 saturated heterocycles. The van der Waals surface area contributed by atoms with Crippen LogP contribution in [0.5, 0.6) is 5.75 Å². The minimum absolute atomic E-state index is 0.0671. The highest BCUT2D eigenvalue weighted by Gasteiger charge is 2.42. The van der Waals surface area contributed by atoms with Gasteiger partial charge in [0.2, 0.25) is 0 Å². The molecule has 3 rings (SSSR count). The monoisotopic (exact) mass is 424 g/mol. The Labute approximate surface area is 182 Å². The Balaban J connectivity index is 1.94. The third-order valence-electron chi connectivity index (χ3n) is 5.49. The molecule has 0 radical (unpaired) electrons. The molecule has 0 spiro atoms. The van der Waals surface area contributed by atoms with Crippen molar-refractivity contribution < 1.29 is 23.8 Å². The highest BCUT2D eigenvalue weighted by molar-refractivity contribution is 6.14. The molecule has 7 heteroatoms. The number of ketones is 1. The molecule has 2 heterocycles. The molecule has 164 valence electrons. The Bertz CT molecular complexity index is 956. The Hall–Kier alpha value is -3.32. The number of carbonyl (C=O) groups excluding carboxylic acids is 2. The fraction of sp³-hybridized carbons (Fsp3) is 0.333. The summed E-state index contributed by atoms with van der Waals surface area (Å²) in [6, 6.07) is 9.93. The van der Waals surface area contributed by atoms with Gasteiger partial charge in [0.05, 0.1) is 25.0 Å². The van der Waals surface area contributed by atoms with Crippen LogP contribution in [0.4, 0.5) is 0 Å². The summed E-state index contributed by atoms with van der Waals surface area (Å²) in [4.78, 5) is 29.7. The van der Waals surface area contributed by atoms with Crippen molar-refractivity contribution in [2.45, 2.75) is 19.9 Å². The first-order valence-electron chi connectivity index (χ1n) is 10.4. The Morgan fingerprint density at radius 1 is 1.23 bits per heavy atom. The molecule has 1 atom stereocenters. The first-order chi connectivity index (χ1) is 15.0. The van der Waals surface area contributed by atoms with E-state index in [1.54, 1.807) is 36.3 Å². The Morgan fingerprint density at radius 3 is 2.52 bits per heavy atom. The molecular weight excluding hydrogens is 396 g/mol. The lowest BCUT2D eigenvalue weighted by molar-refractivity contribution is -0.129. The van der Waals surface area contributed by atoms with Crippen molar-refractivity contribution in [3.05, 3.63) is 71.4 Å². The average Bonchev–Trinajstić information content (AvgIpc) is 3.40. The molecule has 0 aliphatic carbocycles. The lowest BCUT2D eigenvalue weighted by atomic mass is 9.95. The number of aliphatic hydroxyl groups excluding tert-OH is 1. The van der Waals surface area contributed by atoms with E-state index in [1.165, 1.54) is 18.4 Å². The third-order valence-corrected chi connectivity index (χ3v) is 5.49. The van der Waals surface area contributed by atoms with E-state index in [4.69, 9.17) is 9.15 Å². The third kappa shape index (κ3) is 4.88. The van der Waals surface area contributed by atoms with Crippen molar-refractivity contribution in [1.29, 1.82) is 0 Å². The summed E-state index contributed by atoms with van der Waals surface area (Å²) in [5, 5.41) is 10.6. The molecule has 0 fully saturated rings. The maximum absolute atomic E-state index is 13.0. The minimum atomic E-state index is -0.678. The SMILES string of the molecule is CCN(CC)CCN1C(=O)C(O)=C(C(=O)C=Cc2ccco2)C1c1ccc(OC)cc1. The van der Waals surface area contributed by atoms with Crippen molar-refractivity contribution in [3.63, 3.8) is 0 Å². The quantitative estimate of drug-likeness (QED) is 0.587. The predicted octanol–water partition coefficient (Wildman–Crippen LogP) is 3.61. The topological polar surface area (TPSA) is 83.2 Å². The smallest absolute Gasteiger partial charge is 0.290 e. The van der Waals surface area contributed by atoms with E-state index in [-0.39, 0.29) is 5.57 Å². The van der Waals surface area contributed by atoms with Crippen molar-refractivity contribution in [1.82, 2.24) is 9.80 Å². The van der Waals surface area contributed by atoms with E-state index in [2.05, 4.69) is 18.7 Å². The molecule has 1 amide bonds. The van der Waals surface area contributed by atoms with Crippen molar-refractivity contribution >= 4 is 17.8 Å². The van der Waals surface area contributed by atoms with Crippen molar-refractivity contribution in [3.8, 4) is 5.75 Å². The number of allylic oxidation sites excluding steroid dienone is 1. The predicted molar refractivity (Wildman–Crippen MR) is 118 cm³/mol. The number of carbonyl (C=O) groups is 2. The largest absolute Gasteiger partial charge is 0.503 e. The molecule has 1 aromatic carbocycles. The maximum Gasteiger partial charge on any atom is 0.290 e. The summed E-state index contributed by atoms with van der Waals surface area (Å²) in [7, 11) is 1.57. The van der Waals surface area contributed by atoms with Crippen molar-refractivity contribution in [2.24, 2.45) is 0 Å². The van der Waals surface area contributed by atoms with Gasteiger partial charge in [0, 0.05) is 13.1 Å². The van der Waals surface area contributed by atoms with E-state index in [1.807, 2.05) is 12.1 Å². The number of benzene rings is 1. The van der Waals surface area contributed by atoms with Gasteiger partial charge < -0.3 is 24.1 Å². The van der Waals surface area contributed by atoms with Gasteiger partial charge in [0.25, 0.3) is 5.91 Å². The van der Waals surface area contributed by atoms with Crippen LogP contribution in [-0.2, 0) is 9.59 Å². The van der Waals surface area contributed by atoms with Gasteiger partial charge in [0.15, 0.2) is 11.5 Å². The maximum atomic E-state index is 13.0. The molecule has 31 heavy (non-hydrogen) atoms. The zero-order chi connectivity index (χ0) is 22.4. The number of amides is 1. The van der Waals surface area contributed by atoms with Gasteiger partial charge in [0.1, 0.15) is 11.5 Å². The van der Waals surface area contributed by atoms with Crippen LogP contribution < -0.4 is 4.74 Å². The standard InChI is InChI=1S/C24H28N2O5/c1-4-25(5-2)14-15-26-22(17-8-10-18(30-3)11-9-17)21(23(28)24(26)29)20(27)13-12-19-7-6-16-31-19/h6-13,16,22,28H,4-5,14-15H2,1-3H3. The number of likely N-dealkylation sites (N-methyl/N-ethyl adjacent to an activating group) is 1. The lowest BCUT2D eigenvalue weighted by Crippen LogP contribution is -2.38. The summed E-state index contributed by atoms with van der Waals surface area (Å²) < 4.78 is 10.5. The molecule has 1 aromatic heterocycles. The van der Waals surface area contributed by atoms with Gasteiger partial charge in [-0.05, 0) is 55.1 Å². The van der Waals surface area contributed by atoms with E-state index in [0.29, 0.717) is 24.6 Å². The Morgan fingerprint density at radius 2 is 1.94 bits per heavy atom. The summed E-state index contributed by atoms with van der Waals surface area (Å²) in [6.45, 7) is 6.84. The fourth-order valence-corrected chi connectivity index (χ4v) is 3.69. The number of aliphatic hydroxyl groups is 1. The van der Waals surface area contributed by atoms with Crippen LogP contribution in [0.25, 0.3) is 6.08 Å². The highest BCUT2D eigenvalue weighted by Crippen LogP contribution is 2.38. The van der Waals surface area contributed by atoms with E-state index < -0.39 is 23.5 Å². The van der Waals surface area contributed by atoms with Gasteiger partial charge in [-0.2, -0.15) is 0 Å². The van der Waals surface area contributed by atoms with Crippen LogP contribution in [0.2, 0.25) is 0 Å². The first kappa shape index (κ1) is 22.4. The number of nitrogens with zero attached hydrogens (tertiary/aromatic N) is 2. The molecule has 0 saturated carbocycles. The summed E-state index contributed by atoms with van der Waals surface area (Å²) >= 11 is 0. The van der Waals surface area contributed by atoms with Gasteiger partial charge in [-0.3, -0.25) is 9.59 Å². The number of ether oxygens (including phenoxy) is 1. The molecule has 1 aliphatic heterocycles. The van der Waals surface area contributed by atoms with E-state index in [9.17, 15) is 14.7 Å². The number of hydrogen-bond acceptors (Lipinski definition) is 6. The number of rotatable bonds is 10. The van der Waals surface area contributed by atoms with Crippen molar-refractivity contribution in [2.75, 3.05) is 33.3 Å². The van der Waals surface area contributed by atoms with Crippen LogP contribution in [0.15, 0.2) is 64.5 Å². The summed E-state index contributed by atoms with van der Waals surface area (Å²) in [6.07, 6.45) is 4.36. The van der Waals surface area contributed by atoms with Gasteiger partial charge in [-0.15, -0.1) is 0 Å². The average molecular weight is 424 g/mol. The van der Waals surface area contributed by atoms with Crippen LogP contribution in [0, 0.1) is 0 Å².